The fourth-order valence-electron chi connectivity index (χ4n) is 4.51. The fourth-order valence-corrected chi connectivity index (χ4v) is 4.65. The summed E-state index contributed by atoms with van der Waals surface area (Å²) in [4.78, 5) is 36.4. The molecule has 0 aliphatic carbocycles. The number of halogens is 3. The van der Waals surface area contributed by atoms with Gasteiger partial charge in [-0.05, 0) is 36.6 Å². The summed E-state index contributed by atoms with van der Waals surface area (Å²) in [7, 11) is 3.34. The van der Waals surface area contributed by atoms with Gasteiger partial charge in [-0.25, -0.2) is 14.4 Å². The molecule has 0 spiro atoms. The first kappa shape index (κ1) is 24.7. The number of hydrogen-bond donors (Lipinski definition) is 2. The maximum atomic E-state index is 14.4. The lowest BCUT2D eigenvalue weighted by atomic mass is 10.0. The Morgan fingerprint density at radius 2 is 2.00 bits per heavy atom. The second kappa shape index (κ2) is 9.15. The molecule has 0 radical (unpaired) electrons. The van der Waals surface area contributed by atoms with E-state index in [0.29, 0.717) is 35.5 Å². The first-order valence-electron chi connectivity index (χ1n) is 11.5. The van der Waals surface area contributed by atoms with E-state index < -0.39 is 23.4 Å². The third-order valence-electron chi connectivity index (χ3n) is 6.35. The van der Waals surface area contributed by atoms with Crippen molar-refractivity contribution in [3.8, 4) is 16.9 Å². The van der Waals surface area contributed by atoms with Gasteiger partial charge in [-0.2, -0.15) is 4.39 Å². The minimum Gasteiger partial charge on any atom is -0.505 e. The summed E-state index contributed by atoms with van der Waals surface area (Å²) < 4.78 is 31.7. The van der Waals surface area contributed by atoms with Crippen LogP contribution in [0.4, 0.5) is 20.3 Å². The number of carbonyl (C=O) groups is 1. The minimum absolute atomic E-state index is 0.0460. The zero-order chi connectivity index (χ0) is 26.6. The van der Waals surface area contributed by atoms with Gasteiger partial charge in [0.1, 0.15) is 28.9 Å². The summed E-state index contributed by atoms with van der Waals surface area (Å²) in [5.41, 5.74) is 1.08. The Balaban J connectivity index is 1.60. The molecule has 0 saturated heterocycles. The summed E-state index contributed by atoms with van der Waals surface area (Å²) in [6.07, 6.45) is 2.93. The highest BCUT2D eigenvalue weighted by molar-refractivity contribution is 6.33. The molecule has 4 aromatic rings. The summed E-state index contributed by atoms with van der Waals surface area (Å²) in [6, 6.07) is 4.15. The lowest BCUT2D eigenvalue weighted by Crippen LogP contribution is -2.23. The SMILES string of the molecule is Cc1cc(-c2cn(CC(=O)Nc3cc(N(C)C)nc(F)c3Cl)c3nc4n(c(=O)c23)CCC4)cc(F)c1O. The number of rotatable bonds is 5. The van der Waals surface area contributed by atoms with E-state index >= 15 is 0 Å². The molecule has 12 heteroatoms. The number of aryl methyl sites for hydroxylation is 2. The van der Waals surface area contributed by atoms with E-state index in [0.717, 1.165) is 12.5 Å². The number of nitrogens with one attached hydrogen (secondary N) is 1. The van der Waals surface area contributed by atoms with Gasteiger partial charge >= 0.3 is 0 Å². The third kappa shape index (κ3) is 4.29. The van der Waals surface area contributed by atoms with E-state index in [9.17, 15) is 23.5 Å². The van der Waals surface area contributed by atoms with Crippen molar-refractivity contribution in [2.45, 2.75) is 32.9 Å². The predicted molar refractivity (Wildman–Crippen MR) is 136 cm³/mol. The van der Waals surface area contributed by atoms with E-state index in [2.05, 4.69) is 15.3 Å². The summed E-state index contributed by atoms with van der Waals surface area (Å²) in [6.45, 7) is 1.80. The molecule has 192 valence electrons. The van der Waals surface area contributed by atoms with Crippen LogP contribution in [-0.4, -0.2) is 44.2 Å². The molecule has 1 aliphatic rings. The highest BCUT2D eigenvalue weighted by atomic mass is 35.5. The second-order valence-electron chi connectivity index (χ2n) is 9.16. The van der Waals surface area contributed by atoms with E-state index in [1.165, 1.54) is 10.6 Å². The van der Waals surface area contributed by atoms with Gasteiger partial charge in [0.05, 0.1) is 11.1 Å². The van der Waals surface area contributed by atoms with Gasteiger partial charge in [0.15, 0.2) is 11.6 Å². The number of amides is 1. The average molecular weight is 529 g/mol. The van der Waals surface area contributed by atoms with E-state index in [-0.39, 0.29) is 39.7 Å². The first-order chi connectivity index (χ1) is 17.5. The number of phenols is 1. The van der Waals surface area contributed by atoms with Crippen LogP contribution < -0.4 is 15.8 Å². The van der Waals surface area contributed by atoms with E-state index in [1.807, 2.05) is 0 Å². The molecular weight excluding hydrogens is 506 g/mol. The van der Waals surface area contributed by atoms with Gasteiger partial charge in [0.25, 0.3) is 5.56 Å². The number of hydrogen-bond acceptors (Lipinski definition) is 6. The molecule has 1 aromatic carbocycles. The highest BCUT2D eigenvalue weighted by Crippen LogP contribution is 2.33. The number of benzene rings is 1. The lowest BCUT2D eigenvalue weighted by Gasteiger charge is -2.15. The molecule has 5 rings (SSSR count). The Morgan fingerprint density at radius 3 is 2.70 bits per heavy atom. The summed E-state index contributed by atoms with van der Waals surface area (Å²) in [5, 5.41) is 12.4. The van der Waals surface area contributed by atoms with Gasteiger partial charge in [-0.15, -0.1) is 0 Å². The number of pyridine rings is 1. The molecule has 0 unspecified atom stereocenters. The van der Waals surface area contributed by atoms with Crippen molar-refractivity contribution in [2.24, 2.45) is 0 Å². The van der Waals surface area contributed by atoms with Crippen molar-refractivity contribution in [3.63, 3.8) is 0 Å². The van der Waals surface area contributed by atoms with Gasteiger partial charge in [-0.1, -0.05) is 11.6 Å². The van der Waals surface area contributed by atoms with E-state index in [4.69, 9.17) is 11.6 Å². The van der Waals surface area contributed by atoms with Crippen molar-refractivity contribution in [2.75, 3.05) is 24.3 Å². The van der Waals surface area contributed by atoms with Crippen LogP contribution in [0.3, 0.4) is 0 Å². The molecule has 0 fully saturated rings. The molecule has 0 atom stereocenters. The van der Waals surface area contributed by atoms with E-state index in [1.54, 1.807) is 42.7 Å². The standard InChI is InChI=1S/C25H23ClF2N6O3/c1-12-7-13(8-15(27)22(12)36)14-10-33(24-20(14)25(37)34-6-4-5-17(34)31-24)11-19(35)29-16-9-18(32(2)3)30-23(28)21(16)26/h7-10,36H,4-6,11H2,1-3H3,(H,29,30,35). The lowest BCUT2D eigenvalue weighted by molar-refractivity contribution is -0.116. The molecule has 0 bridgehead atoms. The molecule has 0 saturated carbocycles. The third-order valence-corrected chi connectivity index (χ3v) is 6.71. The Labute approximate surface area is 214 Å². The summed E-state index contributed by atoms with van der Waals surface area (Å²) >= 11 is 6.03. The van der Waals surface area contributed by atoms with Gasteiger partial charge in [0.2, 0.25) is 11.9 Å². The molecule has 1 amide bonds. The molecule has 1 aliphatic heterocycles. The minimum atomic E-state index is -0.924. The van der Waals surface area contributed by atoms with Crippen molar-refractivity contribution in [3.05, 3.63) is 62.9 Å². The van der Waals surface area contributed by atoms with Gasteiger partial charge in [0, 0.05) is 44.9 Å². The second-order valence-corrected chi connectivity index (χ2v) is 9.53. The number of carbonyl (C=O) groups excluding carboxylic acids is 1. The van der Waals surface area contributed by atoms with Crippen LogP contribution in [0.1, 0.15) is 17.8 Å². The van der Waals surface area contributed by atoms with Crippen molar-refractivity contribution < 1.29 is 18.7 Å². The monoisotopic (exact) mass is 528 g/mol. The normalized spacial score (nSPS) is 12.7. The Morgan fingerprint density at radius 1 is 1.24 bits per heavy atom. The quantitative estimate of drug-likeness (QED) is 0.381. The molecule has 3 aromatic heterocycles. The summed E-state index contributed by atoms with van der Waals surface area (Å²) in [5.74, 6) is -1.90. The zero-order valence-corrected chi connectivity index (χ0v) is 21.0. The Kier molecular flexibility index (Phi) is 6.10. The average Bonchev–Trinajstić information content (AvgIpc) is 3.45. The number of nitrogens with zero attached hydrogens (tertiary/aromatic N) is 5. The first-order valence-corrected chi connectivity index (χ1v) is 11.9. The van der Waals surface area contributed by atoms with Crippen LogP contribution in [0.2, 0.25) is 5.02 Å². The smallest absolute Gasteiger partial charge is 0.263 e. The molecule has 9 nitrogen and oxygen atoms in total. The van der Waals surface area contributed by atoms with Crippen molar-refractivity contribution >= 4 is 40.0 Å². The van der Waals surface area contributed by atoms with Crippen LogP contribution >= 0.6 is 11.6 Å². The molecule has 2 N–H and O–H groups in total. The predicted octanol–water partition coefficient (Wildman–Crippen LogP) is 3.86. The number of aromatic nitrogens is 4. The van der Waals surface area contributed by atoms with Gasteiger partial charge < -0.3 is 19.9 Å². The highest BCUT2D eigenvalue weighted by Gasteiger charge is 2.24. The van der Waals surface area contributed by atoms with Crippen LogP contribution in [0.5, 0.6) is 5.75 Å². The Bertz CT molecular complexity index is 1620. The van der Waals surface area contributed by atoms with Crippen LogP contribution in [0.15, 0.2) is 29.2 Å². The number of fused-ring (bicyclic) bond motifs is 2. The Hall–Kier alpha value is -3.99. The fraction of sp³-hybridized carbons (Fsp3) is 0.280. The van der Waals surface area contributed by atoms with Crippen LogP contribution in [0.25, 0.3) is 22.2 Å². The topological polar surface area (TPSA) is 105 Å². The van der Waals surface area contributed by atoms with Gasteiger partial charge in [-0.3, -0.25) is 14.2 Å². The molecular formula is C25H23ClF2N6O3. The van der Waals surface area contributed by atoms with Crippen LogP contribution in [-0.2, 0) is 24.3 Å². The maximum absolute atomic E-state index is 14.4. The number of anilines is 2. The zero-order valence-electron chi connectivity index (χ0n) is 20.3. The molecule has 4 heterocycles. The maximum Gasteiger partial charge on any atom is 0.263 e. The van der Waals surface area contributed by atoms with Crippen molar-refractivity contribution in [1.29, 1.82) is 0 Å². The number of aromatic hydroxyl groups is 1. The van der Waals surface area contributed by atoms with Crippen LogP contribution in [0, 0.1) is 18.7 Å². The van der Waals surface area contributed by atoms with Crippen molar-refractivity contribution in [1.82, 2.24) is 19.1 Å². The largest absolute Gasteiger partial charge is 0.505 e. The molecule has 37 heavy (non-hydrogen) atoms. The number of phenolic OH excluding ortho intramolecular Hbond substituents is 1.